The number of carbonyl (C=O) groups is 3. The number of benzene rings is 1. The van der Waals surface area contributed by atoms with Gasteiger partial charge in [0.05, 0.1) is 22.8 Å². The predicted octanol–water partition coefficient (Wildman–Crippen LogP) is 1.46. The fourth-order valence-corrected chi connectivity index (χ4v) is 4.51. The van der Waals surface area contributed by atoms with Gasteiger partial charge >= 0.3 is 5.91 Å². The van der Waals surface area contributed by atoms with E-state index in [4.69, 9.17) is 9.47 Å². The minimum Gasteiger partial charge on any atom is -0.486 e. The topological polar surface area (TPSA) is 79.4 Å². The summed E-state index contributed by atoms with van der Waals surface area (Å²) in [5.74, 6) is 0.0247. The summed E-state index contributed by atoms with van der Waals surface area (Å²) < 4.78 is 11.1. The van der Waals surface area contributed by atoms with Crippen molar-refractivity contribution < 1.29 is 23.9 Å². The highest BCUT2D eigenvalue weighted by Crippen LogP contribution is 2.40. The average Bonchev–Trinajstić information content (AvgIpc) is 3.37. The van der Waals surface area contributed by atoms with Gasteiger partial charge in [-0.25, -0.2) is 0 Å². The zero-order valence-electron chi connectivity index (χ0n) is 15.6. The number of hydrogen-bond acceptors (Lipinski definition) is 7. The van der Waals surface area contributed by atoms with Crippen molar-refractivity contribution in [1.82, 2.24) is 9.80 Å². The molecule has 8 nitrogen and oxygen atoms in total. The van der Waals surface area contributed by atoms with Gasteiger partial charge in [0, 0.05) is 32.2 Å². The molecule has 2 amide bonds. The van der Waals surface area contributed by atoms with Gasteiger partial charge in [-0.2, -0.15) is 0 Å². The number of ketones is 1. The van der Waals surface area contributed by atoms with Crippen LogP contribution in [-0.4, -0.2) is 73.5 Å². The molecular formula is C20H19N3O5S. The molecule has 150 valence electrons. The van der Waals surface area contributed by atoms with Crippen molar-refractivity contribution >= 4 is 34.6 Å². The summed E-state index contributed by atoms with van der Waals surface area (Å²) in [4.78, 5) is 43.7. The van der Waals surface area contributed by atoms with Crippen LogP contribution in [0, 0.1) is 0 Å². The standard InChI is InChI=1S/C20H19N3O5S/c24-18-13-10-15-16(28-8-7-27-15)11-14(13)23(20(18)26)12-21-3-5-22(6-4-21)19(25)17-2-1-9-29-17/h1-2,9-11H,3-8,12H2. The van der Waals surface area contributed by atoms with E-state index >= 15 is 0 Å². The van der Waals surface area contributed by atoms with Crippen LogP contribution in [0.2, 0.25) is 0 Å². The summed E-state index contributed by atoms with van der Waals surface area (Å²) >= 11 is 1.44. The third-order valence-corrected chi connectivity index (χ3v) is 6.23. The van der Waals surface area contributed by atoms with Crippen molar-refractivity contribution in [1.29, 1.82) is 0 Å². The number of anilines is 1. The van der Waals surface area contributed by atoms with Crippen LogP contribution in [0.3, 0.4) is 0 Å². The van der Waals surface area contributed by atoms with Gasteiger partial charge in [0.15, 0.2) is 11.5 Å². The van der Waals surface area contributed by atoms with E-state index in [-0.39, 0.29) is 5.91 Å². The number of Topliss-reactive ketones (excluding diaryl/α,β-unsaturated/α-hetero) is 1. The van der Waals surface area contributed by atoms with Crippen LogP contribution < -0.4 is 14.4 Å². The zero-order valence-corrected chi connectivity index (χ0v) is 16.4. The minimum absolute atomic E-state index is 0.0428. The molecule has 3 aliphatic rings. The first-order valence-corrected chi connectivity index (χ1v) is 10.3. The van der Waals surface area contributed by atoms with Crippen molar-refractivity contribution in [2.75, 3.05) is 51.0 Å². The van der Waals surface area contributed by atoms with E-state index in [1.165, 1.54) is 16.2 Å². The maximum absolute atomic E-state index is 12.6. The van der Waals surface area contributed by atoms with Crippen LogP contribution in [0.25, 0.3) is 0 Å². The highest BCUT2D eigenvalue weighted by molar-refractivity contribution is 7.12. The molecule has 0 radical (unpaired) electrons. The third-order valence-electron chi connectivity index (χ3n) is 5.37. The number of rotatable bonds is 3. The van der Waals surface area contributed by atoms with E-state index in [1.54, 1.807) is 12.1 Å². The van der Waals surface area contributed by atoms with Gasteiger partial charge in [-0.1, -0.05) is 6.07 Å². The number of ether oxygens (including phenoxy) is 2. The molecule has 0 aliphatic carbocycles. The Morgan fingerprint density at radius 1 is 1.03 bits per heavy atom. The molecule has 0 atom stereocenters. The molecule has 9 heteroatoms. The number of hydrogen-bond donors (Lipinski definition) is 0. The molecule has 5 rings (SSSR count). The first kappa shape index (κ1) is 18.1. The number of thiophene rings is 1. The van der Waals surface area contributed by atoms with E-state index < -0.39 is 11.7 Å². The Labute approximate surface area is 171 Å². The maximum Gasteiger partial charge on any atom is 0.300 e. The lowest BCUT2D eigenvalue weighted by molar-refractivity contribution is -0.114. The number of fused-ring (bicyclic) bond motifs is 2. The molecule has 0 saturated carbocycles. The van der Waals surface area contributed by atoms with Gasteiger partial charge in [-0.15, -0.1) is 11.3 Å². The molecular weight excluding hydrogens is 394 g/mol. The Balaban J connectivity index is 1.29. The van der Waals surface area contributed by atoms with Crippen LogP contribution >= 0.6 is 11.3 Å². The Hall–Kier alpha value is -2.91. The lowest BCUT2D eigenvalue weighted by Crippen LogP contribution is -2.52. The van der Waals surface area contributed by atoms with Gasteiger partial charge < -0.3 is 14.4 Å². The van der Waals surface area contributed by atoms with E-state index in [9.17, 15) is 14.4 Å². The van der Waals surface area contributed by atoms with Crippen LogP contribution in [0.15, 0.2) is 29.6 Å². The minimum atomic E-state index is -0.542. The molecule has 1 aromatic heterocycles. The summed E-state index contributed by atoms with van der Waals surface area (Å²) in [5.41, 5.74) is 0.909. The average molecular weight is 413 g/mol. The summed E-state index contributed by atoms with van der Waals surface area (Å²) in [6.07, 6.45) is 0. The van der Waals surface area contributed by atoms with E-state index in [0.29, 0.717) is 68.8 Å². The van der Waals surface area contributed by atoms with Crippen LogP contribution in [0.4, 0.5) is 5.69 Å². The molecule has 2 aromatic rings. The normalized spacial score (nSPS) is 18.9. The SMILES string of the molecule is O=C1C(=O)N(CN2CCN(C(=O)c3cccs3)CC2)c2cc3c(cc21)OCCO3. The first-order valence-electron chi connectivity index (χ1n) is 9.47. The molecule has 0 N–H and O–H groups in total. The zero-order chi connectivity index (χ0) is 20.0. The van der Waals surface area contributed by atoms with Gasteiger partial charge in [-0.3, -0.25) is 24.2 Å². The van der Waals surface area contributed by atoms with E-state index in [0.717, 1.165) is 4.88 Å². The lowest BCUT2D eigenvalue weighted by atomic mass is 10.1. The second-order valence-corrected chi connectivity index (χ2v) is 8.05. The number of carbonyl (C=O) groups excluding carboxylic acids is 3. The van der Waals surface area contributed by atoms with Gasteiger partial charge in [0.25, 0.3) is 11.7 Å². The van der Waals surface area contributed by atoms with Crippen molar-refractivity contribution in [3.05, 3.63) is 40.1 Å². The number of piperazine rings is 1. The van der Waals surface area contributed by atoms with Gasteiger partial charge in [-0.05, 0) is 17.5 Å². The monoisotopic (exact) mass is 413 g/mol. The van der Waals surface area contributed by atoms with Crippen LogP contribution in [0.5, 0.6) is 11.5 Å². The van der Waals surface area contributed by atoms with E-state index in [1.807, 2.05) is 22.4 Å². The van der Waals surface area contributed by atoms with Crippen LogP contribution in [0.1, 0.15) is 20.0 Å². The lowest BCUT2D eigenvalue weighted by Gasteiger charge is -2.36. The predicted molar refractivity (Wildman–Crippen MR) is 106 cm³/mol. The Morgan fingerprint density at radius 2 is 1.76 bits per heavy atom. The molecule has 1 saturated heterocycles. The fourth-order valence-electron chi connectivity index (χ4n) is 3.82. The highest BCUT2D eigenvalue weighted by Gasteiger charge is 2.39. The quantitative estimate of drug-likeness (QED) is 0.709. The van der Waals surface area contributed by atoms with Crippen molar-refractivity contribution in [3.8, 4) is 11.5 Å². The summed E-state index contributed by atoms with van der Waals surface area (Å²) in [7, 11) is 0. The number of amides is 2. The Kier molecular flexibility index (Phi) is 4.48. The van der Waals surface area contributed by atoms with Gasteiger partial charge in [0.2, 0.25) is 0 Å². The first-order chi connectivity index (χ1) is 14.1. The summed E-state index contributed by atoms with van der Waals surface area (Å²) in [5, 5.41) is 1.89. The smallest absolute Gasteiger partial charge is 0.300 e. The fraction of sp³-hybridized carbons (Fsp3) is 0.350. The largest absolute Gasteiger partial charge is 0.486 e. The Bertz CT molecular complexity index is 982. The molecule has 1 aromatic carbocycles. The van der Waals surface area contributed by atoms with E-state index in [2.05, 4.69) is 4.90 Å². The molecule has 0 spiro atoms. The summed E-state index contributed by atoms with van der Waals surface area (Å²) in [6.45, 7) is 3.60. The second-order valence-electron chi connectivity index (χ2n) is 7.10. The molecule has 29 heavy (non-hydrogen) atoms. The van der Waals surface area contributed by atoms with Crippen molar-refractivity contribution in [2.45, 2.75) is 0 Å². The second kappa shape index (κ2) is 7.16. The Morgan fingerprint density at radius 3 is 2.45 bits per heavy atom. The third kappa shape index (κ3) is 3.16. The maximum atomic E-state index is 12.6. The molecule has 0 bridgehead atoms. The molecule has 4 heterocycles. The van der Waals surface area contributed by atoms with Crippen molar-refractivity contribution in [2.24, 2.45) is 0 Å². The molecule has 1 fully saturated rings. The molecule has 0 unspecified atom stereocenters. The van der Waals surface area contributed by atoms with Crippen molar-refractivity contribution in [3.63, 3.8) is 0 Å². The van der Waals surface area contributed by atoms with Crippen LogP contribution in [-0.2, 0) is 4.79 Å². The molecule has 3 aliphatic heterocycles. The van der Waals surface area contributed by atoms with Gasteiger partial charge in [0.1, 0.15) is 13.2 Å². The summed E-state index contributed by atoms with van der Waals surface area (Å²) in [6, 6.07) is 7.01. The highest BCUT2D eigenvalue weighted by atomic mass is 32.1. The number of nitrogens with zero attached hydrogens (tertiary/aromatic N) is 3.